The lowest BCUT2D eigenvalue weighted by Crippen LogP contribution is -2.32. The van der Waals surface area contributed by atoms with E-state index in [2.05, 4.69) is 20.9 Å². The van der Waals surface area contributed by atoms with Crippen molar-refractivity contribution >= 4 is 39.1 Å². The Morgan fingerprint density at radius 1 is 1.09 bits per heavy atom. The second kappa shape index (κ2) is 9.81. The predicted molar refractivity (Wildman–Crippen MR) is 139 cm³/mol. The Morgan fingerprint density at radius 2 is 1.83 bits per heavy atom. The van der Waals surface area contributed by atoms with Crippen LogP contribution in [0, 0.1) is 0 Å². The van der Waals surface area contributed by atoms with Crippen LogP contribution in [0.3, 0.4) is 0 Å². The molecule has 2 N–H and O–H groups in total. The fraction of sp³-hybridized carbons (Fsp3) is 0.192. The van der Waals surface area contributed by atoms with Crippen molar-refractivity contribution in [3.8, 4) is 17.1 Å². The third-order valence-electron chi connectivity index (χ3n) is 5.94. The van der Waals surface area contributed by atoms with Crippen LogP contribution < -0.4 is 5.73 Å². The van der Waals surface area contributed by atoms with Crippen molar-refractivity contribution < 1.29 is 9.53 Å². The second-order valence-corrected chi connectivity index (χ2v) is 9.72. The molecule has 0 saturated carbocycles. The highest BCUT2D eigenvalue weighted by molar-refractivity contribution is 9.10. The van der Waals surface area contributed by atoms with Crippen LogP contribution in [0.15, 0.2) is 77.5 Å². The van der Waals surface area contributed by atoms with Crippen molar-refractivity contribution in [2.45, 2.75) is 25.7 Å². The second-order valence-electron chi connectivity index (χ2n) is 8.37. The number of carbonyl (C=O) groups excluding carboxylic acids is 1. The van der Waals surface area contributed by atoms with E-state index in [9.17, 15) is 4.79 Å². The largest absolute Gasteiger partial charge is 0.399 e. The van der Waals surface area contributed by atoms with Gasteiger partial charge in [-0.15, -0.1) is 0 Å². The average Bonchev–Trinajstić information content (AvgIpc) is 3.41. The van der Waals surface area contributed by atoms with E-state index < -0.39 is 12.3 Å². The van der Waals surface area contributed by atoms with Gasteiger partial charge in [-0.3, -0.25) is 9.78 Å². The summed E-state index contributed by atoms with van der Waals surface area (Å²) in [4.78, 5) is 19.3. The molecule has 0 radical (unpaired) electrons. The molecular weight excluding hydrogens is 530 g/mol. The van der Waals surface area contributed by atoms with Gasteiger partial charge in [0.25, 0.3) is 5.91 Å². The van der Waals surface area contributed by atoms with Crippen LogP contribution in [0.5, 0.6) is 0 Å². The van der Waals surface area contributed by atoms with E-state index in [1.807, 2.05) is 60.8 Å². The number of benzene rings is 2. The summed E-state index contributed by atoms with van der Waals surface area (Å²) < 4.78 is 8.93. The molecule has 2 atom stereocenters. The molecule has 4 aromatic rings. The van der Waals surface area contributed by atoms with Crippen molar-refractivity contribution in [2.24, 2.45) is 0 Å². The minimum atomic E-state index is -0.594. The zero-order chi connectivity index (χ0) is 24.5. The number of ether oxygens (including phenoxy) is 1. The molecule has 1 aliphatic rings. The Morgan fingerprint density at radius 3 is 2.51 bits per heavy atom. The van der Waals surface area contributed by atoms with Crippen molar-refractivity contribution in [1.29, 1.82) is 0 Å². The first-order valence-electron chi connectivity index (χ1n) is 11.2. The number of anilines is 1. The molecule has 9 heteroatoms. The summed E-state index contributed by atoms with van der Waals surface area (Å²) >= 11 is 9.55. The van der Waals surface area contributed by atoms with Gasteiger partial charge in [-0.25, -0.2) is 4.68 Å². The number of hydrogen-bond donors (Lipinski definition) is 1. The Hall–Kier alpha value is -3.20. The molecule has 0 aliphatic carbocycles. The van der Waals surface area contributed by atoms with E-state index in [0.717, 1.165) is 21.3 Å². The van der Waals surface area contributed by atoms with E-state index >= 15 is 0 Å². The number of aromatic nitrogens is 3. The maximum absolute atomic E-state index is 13.1. The van der Waals surface area contributed by atoms with Crippen LogP contribution in [0.25, 0.3) is 17.1 Å². The summed E-state index contributed by atoms with van der Waals surface area (Å²) in [5, 5.41) is 5.37. The van der Waals surface area contributed by atoms with Crippen LogP contribution in [-0.2, 0) is 16.0 Å². The van der Waals surface area contributed by atoms with Gasteiger partial charge in [0.15, 0.2) is 6.23 Å². The molecule has 3 heterocycles. The smallest absolute Gasteiger partial charge is 0.253 e. The van der Waals surface area contributed by atoms with Gasteiger partial charge in [0, 0.05) is 34.7 Å². The van der Waals surface area contributed by atoms with Gasteiger partial charge in [0.2, 0.25) is 0 Å². The maximum Gasteiger partial charge on any atom is 0.253 e. The standard InChI is InChI=1S/C26H23BrClN5O2/c1-16-25(34)32(13-12-17-2-7-20(29)8-3-17)26(35-16)22-15-33(21-9-4-18(27)5-10-21)31-24(22)23-11-6-19(28)14-30-23/h2-11,14-16,26H,12-13,29H2,1H3/t16-,26+/m1/s1. The molecule has 2 aromatic heterocycles. The fourth-order valence-electron chi connectivity index (χ4n) is 4.09. The molecule has 5 rings (SSSR count). The molecule has 1 fully saturated rings. The number of nitrogens with two attached hydrogens (primary N) is 1. The Bertz CT molecular complexity index is 1340. The highest BCUT2D eigenvalue weighted by Crippen LogP contribution is 2.37. The normalized spacial score (nSPS) is 17.8. The maximum atomic E-state index is 13.1. The molecule has 0 bridgehead atoms. The number of hydrogen-bond acceptors (Lipinski definition) is 5. The number of carbonyl (C=O) groups is 1. The van der Waals surface area contributed by atoms with E-state index in [0.29, 0.717) is 35.1 Å². The quantitative estimate of drug-likeness (QED) is 0.323. The lowest BCUT2D eigenvalue weighted by Gasteiger charge is -2.23. The highest BCUT2D eigenvalue weighted by Gasteiger charge is 2.40. The van der Waals surface area contributed by atoms with Gasteiger partial charge in [-0.2, -0.15) is 5.10 Å². The van der Waals surface area contributed by atoms with Crippen LogP contribution in [0.1, 0.15) is 24.3 Å². The molecule has 1 saturated heterocycles. The number of rotatable bonds is 6. The summed E-state index contributed by atoms with van der Waals surface area (Å²) in [5.74, 6) is -0.0585. The molecule has 0 unspecified atom stereocenters. The van der Waals surface area contributed by atoms with Crippen molar-refractivity contribution in [1.82, 2.24) is 19.7 Å². The van der Waals surface area contributed by atoms with Crippen LogP contribution in [0.4, 0.5) is 5.69 Å². The summed E-state index contributed by atoms with van der Waals surface area (Å²) in [6, 6.07) is 19.1. The summed E-state index contributed by atoms with van der Waals surface area (Å²) in [7, 11) is 0. The van der Waals surface area contributed by atoms with Crippen molar-refractivity contribution in [3.63, 3.8) is 0 Å². The van der Waals surface area contributed by atoms with Gasteiger partial charge < -0.3 is 15.4 Å². The van der Waals surface area contributed by atoms with E-state index in [4.69, 9.17) is 27.2 Å². The Balaban J connectivity index is 1.53. The first-order valence-corrected chi connectivity index (χ1v) is 12.3. The number of nitrogen functional groups attached to an aromatic ring is 1. The molecule has 178 valence electrons. The third kappa shape index (κ3) is 4.96. The number of pyridine rings is 1. The SMILES string of the molecule is C[C@H]1O[C@@H](c2cn(-c3ccc(Br)cc3)nc2-c2ccc(Cl)cn2)N(CCc2ccc(N)cc2)C1=O. The first-order chi connectivity index (χ1) is 16.9. The lowest BCUT2D eigenvalue weighted by atomic mass is 10.1. The molecular formula is C26H23BrClN5O2. The van der Waals surface area contributed by atoms with Gasteiger partial charge >= 0.3 is 0 Å². The van der Waals surface area contributed by atoms with Gasteiger partial charge in [0.1, 0.15) is 11.8 Å². The van der Waals surface area contributed by atoms with Gasteiger partial charge in [0.05, 0.1) is 16.4 Å². The fourth-order valence-corrected chi connectivity index (χ4v) is 4.46. The molecule has 2 aromatic carbocycles. The minimum absolute atomic E-state index is 0.0585. The monoisotopic (exact) mass is 551 g/mol. The van der Waals surface area contributed by atoms with Crippen LogP contribution in [-0.4, -0.2) is 38.2 Å². The van der Waals surface area contributed by atoms with Crippen LogP contribution in [0.2, 0.25) is 5.02 Å². The highest BCUT2D eigenvalue weighted by atomic mass is 79.9. The number of nitrogens with zero attached hydrogens (tertiary/aromatic N) is 4. The van der Waals surface area contributed by atoms with E-state index in [1.54, 1.807) is 28.8 Å². The summed E-state index contributed by atoms with van der Waals surface area (Å²) in [5.41, 5.74) is 10.5. The van der Waals surface area contributed by atoms with Crippen molar-refractivity contribution in [2.75, 3.05) is 12.3 Å². The van der Waals surface area contributed by atoms with Gasteiger partial charge in [-0.1, -0.05) is 39.7 Å². The summed E-state index contributed by atoms with van der Waals surface area (Å²) in [6.07, 6.45) is 3.01. The molecule has 1 aliphatic heterocycles. The number of halogens is 2. The first kappa shape index (κ1) is 23.5. The lowest BCUT2D eigenvalue weighted by molar-refractivity contribution is -0.130. The zero-order valence-corrected chi connectivity index (χ0v) is 21.3. The minimum Gasteiger partial charge on any atom is -0.399 e. The molecule has 7 nitrogen and oxygen atoms in total. The molecule has 35 heavy (non-hydrogen) atoms. The van der Waals surface area contributed by atoms with E-state index in [-0.39, 0.29) is 5.91 Å². The average molecular weight is 553 g/mol. The molecule has 0 spiro atoms. The third-order valence-corrected chi connectivity index (χ3v) is 6.69. The Kier molecular flexibility index (Phi) is 6.60. The van der Waals surface area contributed by atoms with E-state index in [1.165, 1.54) is 0 Å². The Labute approximate surface area is 216 Å². The zero-order valence-electron chi connectivity index (χ0n) is 18.9. The summed E-state index contributed by atoms with van der Waals surface area (Å²) in [6.45, 7) is 2.27. The topological polar surface area (TPSA) is 86.3 Å². The van der Waals surface area contributed by atoms with Gasteiger partial charge in [-0.05, 0) is 67.4 Å². The van der Waals surface area contributed by atoms with Crippen molar-refractivity contribution in [3.05, 3.63) is 93.7 Å². The molecule has 1 amide bonds. The predicted octanol–water partition coefficient (Wildman–Crippen LogP) is 5.42. The number of amides is 1. The van der Waals surface area contributed by atoms with Crippen LogP contribution >= 0.6 is 27.5 Å².